The molecule has 0 fully saturated rings. The van der Waals surface area contributed by atoms with E-state index in [4.69, 9.17) is 17.0 Å². The zero-order valence-corrected chi connectivity index (χ0v) is 17.0. The van der Waals surface area contributed by atoms with E-state index in [0.29, 0.717) is 24.3 Å². The molecule has 7 atom stereocenters. The predicted molar refractivity (Wildman–Crippen MR) is 107 cm³/mol. The highest BCUT2D eigenvalue weighted by molar-refractivity contribution is 7.80. The maximum Gasteiger partial charge on any atom is 0.109 e. The molecule has 8 heteroatoms. The Morgan fingerprint density at radius 2 is 1.81 bits per heavy atom. The van der Waals surface area contributed by atoms with Gasteiger partial charge in [-0.2, -0.15) is 0 Å². The molecule has 0 saturated heterocycles. The summed E-state index contributed by atoms with van der Waals surface area (Å²) in [6.45, 7) is 3.88. The van der Waals surface area contributed by atoms with Crippen LogP contribution in [-0.4, -0.2) is 79.8 Å². The van der Waals surface area contributed by atoms with E-state index in [1.54, 1.807) is 12.2 Å². The molecule has 6 N–H and O–H groups in total. The number of rotatable bonds is 10. The largest absolute Gasteiger partial charge is 0.393 e. The van der Waals surface area contributed by atoms with Gasteiger partial charge in [0, 0.05) is 6.42 Å². The van der Waals surface area contributed by atoms with Crippen molar-refractivity contribution in [3.05, 3.63) is 12.2 Å². The zero-order chi connectivity index (χ0) is 20.4. The molecule has 0 aromatic heterocycles. The molecule has 1 aliphatic rings. The Morgan fingerprint density at radius 3 is 2.44 bits per heavy atom. The number of nitrogens with one attached hydrogen (secondary N) is 1. The summed E-state index contributed by atoms with van der Waals surface area (Å²) in [6, 6.07) is -0.547. The molecule has 7 nitrogen and oxygen atoms in total. The van der Waals surface area contributed by atoms with Gasteiger partial charge in [0.05, 0.1) is 42.1 Å². The average Bonchev–Trinajstić information content (AvgIpc) is 2.64. The molecule has 0 radical (unpaired) electrons. The second-order valence-corrected chi connectivity index (χ2v) is 7.65. The van der Waals surface area contributed by atoms with Crippen LogP contribution in [-0.2, 0) is 4.74 Å². The third kappa shape index (κ3) is 8.51. The van der Waals surface area contributed by atoms with Gasteiger partial charge < -0.3 is 35.6 Å². The fourth-order valence-electron chi connectivity index (χ4n) is 2.95. The maximum absolute atomic E-state index is 10.5. The summed E-state index contributed by atoms with van der Waals surface area (Å²) < 4.78 is 5.79. The lowest BCUT2D eigenvalue weighted by molar-refractivity contribution is -0.128. The zero-order valence-electron chi connectivity index (χ0n) is 16.2. The third-order valence-corrected chi connectivity index (χ3v) is 5.12. The molecule has 0 amide bonds. The molecule has 7 unspecified atom stereocenters. The first-order valence-corrected chi connectivity index (χ1v) is 10.2. The Morgan fingerprint density at radius 1 is 1.15 bits per heavy atom. The summed E-state index contributed by atoms with van der Waals surface area (Å²) in [4.78, 5) is 0.602. The van der Waals surface area contributed by atoms with Crippen LogP contribution >= 0.6 is 12.2 Å². The molecule has 0 aromatic rings. The smallest absolute Gasteiger partial charge is 0.109 e. The molecular formula is C19H35NO6S. The molecule has 0 aromatic carbocycles. The molecule has 158 valence electrons. The molecule has 0 bridgehead atoms. The second-order valence-electron chi connectivity index (χ2n) is 7.15. The Labute approximate surface area is 167 Å². The van der Waals surface area contributed by atoms with E-state index in [1.807, 2.05) is 13.8 Å². The van der Waals surface area contributed by atoms with Crippen LogP contribution in [0.5, 0.6) is 0 Å². The molecule has 0 heterocycles. The average molecular weight is 406 g/mol. The minimum atomic E-state index is -1.31. The van der Waals surface area contributed by atoms with Crippen molar-refractivity contribution in [1.82, 2.24) is 5.32 Å². The van der Waals surface area contributed by atoms with Crippen molar-refractivity contribution < 1.29 is 30.3 Å². The standard InChI is InChI=1S/C19H35NO6S/c1-3-7-17(27)20-13(15(23)10-12(21)4-2)11-26-16-9-6-5-8-14(22)18(24)19(16)25/h5-6,12-16,18-19,21-25H,3-4,7-11H2,1-2H3,(H,20,27)/b6-5-. The topological polar surface area (TPSA) is 122 Å². The van der Waals surface area contributed by atoms with Gasteiger partial charge in [-0.25, -0.2) is 0 Å². The lowest BCUT2D eigenvalue weighted by Crippen LogP contribution is -2.50. The fourth-order valence-corrected chi connectivity index (χ4v) is 3.31. The lowest BCUT2D eigenvalue weighted by Gasteiger charge is -2.33. The number of aliphatic hydroxyl groups excluding tert-OH is 5. The van der Waals surface area contributed by atoms with Gasteiger partial charge in [0.25, 0.3) is 0 Å². The molecule has 0 spiro atoms. The van der Waals surface area contributed by atoms with Crippen molar-refractivity contribution in [3.63, 3.8) is 0 Å². The minimum Gasteiger partial charge on any atom is -0.393 e. The highest BCUT2D eigenvalue weighted by Crippen LogP contribution is 2.18. The van der Waals surface area contributed by atoms with Crippen molar-refractivity contribution in [2.24, 2.45) is 0 Å². The molecule has 27 heavy (non-hydrogen) atoms. The van der Waals surface area contributed by atoms with Crippen LogP contribution in [0.4, 0.5) is 0 Å². The van der Waals surface area contributed by atoms with Crippen molar-refractivity contribution in [1.29, 1.82) is 0 Å². The van der Waals surface area contributed by atoms with E-state index in [0.717, 1.165) is 6.42 Å². The first-order valence-electron chi connectivity index (χ1n) is 9.76. The van der Waals surface area contributed by atoms with E-state index in [9.17, 15) is 25.5 Å². The molecule has 0 aliphatic heterocycles. The van der Waals surface area contributed by atoms with Crippen molar-refractivity contribution >= 4 is 17.2 Å². The second kappa shape index (κ2) is 12.8. The maximum atomic E-state index is 10.5. The quantitative estimate of drug-likeness (QED) is 0.228. The van der Waals surface area contributed by atoms with E-state index < -0.39 is 42.7 Å². The van der Waals surface area contributed by atoms with Gasteiger partial charge in [-0.05, 0) is 32.1 Å². The van der Waals surface area contributed by atoms with Crippen molar-refractivity contribution in [2.45, 2.75) is 95.0 Å². The SMILES string of the molecule is CCCC(=S)NC(COC1C/C=C\CC(O)C(O)C1O)C(O)CC(O)CC. The van der Waals surface area contributed by atoms with Gasteiger partial charge >= 0.3 is 0 Å². The fraction of sp³-hybridized carbons (Fsp3) is 0.842. The van der Waals surface area contributed by atoms with Crippen LogP contribution in [0.15, 0.2) is 12.2 Å². The van der Waals surface area contributed by atoms with Crippen LogP contribution in [0.3, 0.4) is 0 Å². The van der Waals surface area contributed by atoms with E-state index in [2.05, 4.69) is 5.32 Å². The van der Waals surface area contributed by atoms with Crippen molar-refractivity contribution in [2.75, 3.05) is 6.61 Å². The number of ether oxygens (including phenoxy) is 1. The Balaban J connectivity index is 2.76. The predicted octanol–water partition coefficient (Wildman–Crippen LogP) is 0.412. The molecule has 1 rings (SSSR count). The van der Waals surface area contributed by atoms with Gasteiger partial charge in [0.15, 0.2) is 0 Å². The summed E-state index contributed by atoms with van der Waals surface area (Å²) in [7, 11) is 0. The first kappa shape index (κ1) is 24.4. The summed E-state index contributed by atoms with van der Waals surface area (Å²) in [5.74, 6) is 0. The molecule has 0 saturated carbocycles. The van der Waals surface area contributed by atoms with Gasteiger partial charge in [0.1, 0.15) is 12.2 Å². The Hall–Kier alpha value is -0.610. The first-order chi connectivity index (χ1) is 12.8. The van der Waals surface area contributed by atoms with E-state index in [1.165, 1.54) is 0 Å². The van der Waals surface area contributed by atoms with E-state index >= 15 is 0 Å². The number of aliphatic hydroxyl groups is 5. The van der Waals surface area contributed by atoms with Crippen LogP contribution in [0.25, 0.3) is 0 Å². The number of thiocarbonyl (C=S) groups is 1. The summed E-state index contributed by atoms with van der Waals surface area (Å²) in [6.07, 6.45) is 0.599. The Bertz CT molecular complexity index is 463. The van der Waals surface area contributed by atoms with Gasteiger partial charge in [-0.1, -0.05) is 38.2 Å². The Kier molecular flexibility index (Phi) is 11.6. The van der Waals surface area contributed by atoms with Gasteiger partial charge in [0.2, 0.25) is 0 Å². The monoisotopic (exact) mass is 405 g/mol. The van der Waals surface area contributed by atoms with Crippen LogP contribution < -0.4 is 5.32 Å². The minimum absolute atomic E-state index is 0.0415. The van der Waals surface area contributed by atoms with E-state index in [-0.39, 0.29) is 19.4 Å². The number of hydrogen-bond donors (Lipinski definition) is 6. The third-order valence-electron chi connectivity index (χ3n) is 4.80. The normalized spacial score (nSPS) is 30.6. The lowest BCUT2D eigenvalue weighted by atomic mass is 9.95. The molecular weight excluding hydrogens is 370 g/mol. The van der Waals surface area contributed by atoms with Crippen LogP contribution in [0, 0.1) is 0 Å². The van der Waals surface area contributed by atoms with Gasteiger partial charge in [-0.3, -0.25) is 0 Å². The van der Waals surface area contributed by atoms with Crippen molar-refractivity contribution in [3.8, 4) is 0 Å². The highest BCUT2D eigenvalue weighted by Gasteiger charge is 2.33. The molecule has 1 aliphatic carbocycles. The summed E-state index contributed by atoms with van der Waals surface area (Å²) in [5, 5.41) is 53.6. The summed E-state index contributed by atoms with van der Waals surface area (Å²) in [5.41, 5.74) is 0. The van der Waals surface area contributed by atoms with Crippen LogP contribution in [0.2, 0.25) is 0 Å². The van der Waals surface area contributed by atoms with Gasteiger partial charge in [-0.15, -0.1) is 0 Å². The summed E-state index contributed by atoms with van der Waals surface area (Å²) >= 11 is 5.28. The highest BCUT2D eigenvalue weighted by atomic mass is 32.1. The number of hydrogen-bond acceptors (Lipinski definition) is 7. The van der Waals surface area contributed by atoms with Crippen LogP contribution in [0.1, 0.15) is 52.4 Å².